The second-order valence-electron chi connectivity index (χ2n) is 3.07. The molecule has 7 heteroatoms. The van der Waals surface area contributed by atoms with Gasteiger partial charge in [-0.05, 0) is 25.4 Å². The molecular formula is C9H10ClN3O2S. The number of thiazole rings is 1. The summed E-state index contributed by atoms with van der Waals surface area (Å²) in [6.07, 6.45) is -1.09. The number of aliphatic hydroxyl groups is 1. The number of hydrogen-bond donors (Lipinski definition) is 1. The van der Waals surface area contributed by atoms with E-state index in [2.05, 4.69) is 15.0 Å². The van der Waals surface area contributed by atoms with Crippen LogP contribution in [-0.4, -0.2) is 26.7 Å². The highest BCUT2D eigenvalue weighted by atomic mass is 35.5. The van der Waals surface area contributed by atoms with Crippen molar-refractivity contribution in [3.63, 3.8) is 0 Å². The van der Waals surface area contributed by atoms with E-state index in [1.807, 2.05) is 6.92 Å². The van der Waals surface area contributed by atoms with Gasteiger partial charge in [-0.1, -0.05) is 0 Å². The predicted octanol–water partition coefficient (Wildman–Crippen LogP) is 2.08. The molecule has 2 aromatic rings. The molecule has 1 atom stereocenters. The summed E-state index contributed by atoms with van der Waals surface area (Å²) in [7, 11) is 0. The number of rotatable bonds is 3. The Kier molecular flexibility index (Phi) is 3.34. The zero-order chi connectivity index (χ0) is 11.7. The molecule has 1 unspecified atom stereocenters. The Morgan fingerprint density at radius 3 is 2.88 bits per heavy atom. The van der Waals surface area contributed by atoms with Crippen LogP contribution in [-0.2, 0) is 4.74 Å². The van der Waals surface area contributed by atoms with Crippen LogP contribution >= 0.6 is 22.9 Å². The third-order valence-electron chi connectivity index (χ3n) is 1.92. The van der Waals surface area contributed by atoms with Crippen molar-refractivity contribution in [1.29, 1.82) is 0 Å². The van der Waals surface area contributed by atoms with Crippen LogP contribution in [0, 0.1) is 6.92 Å². The molecule has 0 aliphatic heterocycles. The molecule has 2 rings (SSSR count). The second-order valence-corrected chi connectivity index (χ2v) is 4.61. The van der Waals surface area contributed by atoms with Gasteiger partial charge in [0, 0.05) is 6.61 Å². The summed E-state index contributed by atoms with van der Waals surface area (Å²) in [6.45, 7) is 4.04. The first-order valence-corrected chi connectivity index (χ1v) is 5.91. The van der Waals surface area contributed by atoms with Gasteiger partial charge in [0.25, 0.3) is 0 Å². The molecule has 16 heavy (non-hydrogen) atoms. The second kappa shape index (κ2) is 4.58. The van der Waals surface area contributed by atoms with Gasteiger partial charge in [0.15, 0.2) is 11.9 Å². The molecule has 2 heterocycles. The lowest BCUT2D eigenvalue weighted by molar-refractivity contribution is -0.0995. The van der Waals surface area contributed by atoms with Crippen LogP contribution in [0.2, 0.25) is 5.28 Å². The average molecular weight is 260 g/mol. The highest BCUT2D eigenvalue weighted by molar-refractivity contribution is 7.18. The summed E-state index contributed by atoms with van der Waals surface area (Å²) in [6, 6.07) is 0. The molecule has 0 saturated heterocycles. The van der Waals surface area contributed by atoms with Gasteiger partial charge >= 0.3 is 0 Å². The summed E-state index contributed by atoms with van der Waals surface area (Å²) < 4.78 is 5.80. The summed E-state index contributed by atoms with van der Waals surface area (Å²) >= 11 is 7.16. The maximum atomic E-state index is 9.76. The molecule has 0 aromatic carbocycles. The fourth-order valence-corrected chi connectivity index (χ4v) is 2.36. The molecule has 2 aromatic heterocycles. The van der Waals surface area contributed by atoms with Crippen LogP contribution in [0.15, 0.2) is 0 Å². The van der Waals surface area contributed by atoms with Crippen molar-refractivity contribution in [2.75, 3.05) is 6.61 Å². The van der Waals surface area contributed by atoms with Gasteiger partial charge in [-0.2, -0.15) is 4.98 Å². The number of hydrogen-bond acceptors (Lipinski definition) is 6. The third-order valence-corrected chi connectivity index (χ3v) is 3.07. The lowest BCUT2D eigenvalue weighted by atomic mass is 10.4. The van der Waals surface area contributed by atoms with E-state index in [1.54, 1.807) is 6.92 Å². The van der Waals surface area contributed by atoms with Crippen molar-refractivity contribution in [1.82, 2.24) is 15.0 Å². The zero-order valence-corrected chi connectivity index (χ0v) is 10.3. The molecule has 86 valence electrons. The Hall–Kier alpha value is -0.820. The summed E-state index contributed by atoms with van der Waals surface area (Å²) in [4.78, 5) is 12.2. The fraction of sp³-hybridized carbons (Fsp3) is 0.444. The SMILES string of the molecule is CCOC(O)c1nc(Cl)nc2nc(C)sc12. The van der Waals surface area contributed by atoms with Gasteiger partial charge in [0.2, 0.25) is 5.28 Å². The van der Waals surface area contributed by atoms with Crippen LogP contribution < -0.4 is 0 Å². The van der Waals surface area contributed by atoms with Crippen molar-refractivity contribution >= 4 is 33.3 Å². The van der Waals surface area contributed by atoms with E-state index in [0.29, 0.717) is 22.6 Å². The Balaban J connectivity index is 2.57. The highest BCUT2D eigenvalue weighted by Crippen LogP contribution is 2.28. The van der Waals surface area contributed by atoms with Crippen LogP contribution in [0.1, 0.15) is 23.9 Å². The molecular weight excluding hydrogens is 250 g/mol. The Bertz CT molecular complexity index is 517. The summed E-state index contributed by atoms with van der Waals surface area (Å²) in [5.41, 5.74) is 0.874. The van der Waals surface area contributed by atoms with E-state index < -0.39 is 6.29 Å². The lowest BCUT2D eigenvalue weighted by Gasteiger charge is -2.09. The minimum Gasteiger partial charge on any atom is -0.363 e. The van der Waals surface area contributed by atoms with Crippen LogP contribution in [0.3, 0.4) is 0 Å². The fourth-order valence-electron chi connectivity index (χ4n) is 1.33. The Labute approximate surface area is 101 Å². The first kappa shape index (κ1) is 11.7. The van der Waals surface area contributed by atoms with E-state index in [0.717, 1.165) is 5.01 Å². The van der Waals surface area contributed by atoms with E-state index in [4.69, 9.17) is 16.3 Å². The van der Waals surface area contributed by atoms with Gasteiger partial charge in [0.1, 0.15) is 10.4 Å². The van der Waals surface area contributed by atoms with E-state index in [-0.39, 0.29) is 5.28 Å². The standard InChI is InChI=1S/C9H10ClN3O2S/c1-3-15-8(14)5-6-7(11-4(2)16-6)13-9(10)12-5/h8,14H,3H2,1-2H3. The van der Waals surface area contributed by atoms with Gasteiger partial charge in [0.05, 0.1) is 5.01 Å². The van der Waals surface area contributed by atoms with Crippen LogP contribution in [0.5, 0.6) is 0 Å². The quantitative estimate of drug-likeness (QED) is 0.675. The molecule has 0 spiro atoms. The monoisotopic (exact) mass is 259 g/mol. The van der Waals surface area contributed by atoms with Crippen molar-refractivity contribution in [3.8, 4) is 0 Å². The Morgan fingerprint density at radius 2 is 2.19 bits per heavy atom. The first-order valence-electron chi connectivity index (χ1n) is 4.72. The Morgan fingerprint density at radius 1 is 1.44 bits per heavy atom. The minimum atomic E-state index is -1.09. The summed E-state index contributed by atoms with van der Waals surface area (Å²) in [5, 5.41) is 10.7. The van der Waals surface area contributed by atoms with Gasteiger partial charge < -0.3 is 9.84 Å². The number of ether oxygens (including phenoxy) is 1. The maximum absolute atomic E-state index is 9.76. The molecule has 0 saturated carbocycles. The smallest absolute Gasteiger partial charge is 0.224 e. The molecule has 0 bridgehead atoms. The number of nitrogens with zero attached hydrogens (tertiary/aromatic N) is 3. The predicted molar refractivity (Wildman–Crippen MR) is 61.5 cm³/mol. The first-order chi connectivity index (χ1) is 7.61. The zero-order valence-electron chi connectivity index (χ0n) is 8.77. The van der Waals surface area contributed by atoms with Gasteiger partial charge in [-0.15, -0.1) is 11.3 Å². The average Bonchev–Trinajstić information content (AvgIpc) is 2.57. The molecule has 0 fully saturated rings. The van der Waals surface area contributed by atoms with Crippen molar-refractivity contribution in [2.24, 2.45) is 0 Å². The van der Waals surface area contributed by atoms with Crippen LogP contribution in [0.25, 0.3) is 10.3 Å². The molecule has 0 aliphatic carbocycles. The third kappa shape index (κ3) is 2.15. The van der Waals surface area contributed by atoms with Crippen molar-refractivity contribution in [2.45, 2.75) is 20.1 Å². The number of aliphatic hydroxyl groups excluding tert-OH is 1. The number of aryl methyl sites for hydroxylation is 1. The number of halogens is 1. The lowest BCUT2D eigenvalue weighted by Crippen LogP contribution is -2.06. The largest absolute Gasteiger partial charge is 0.363 e. The topological polar surface area (TPSA) is 68.1 Å². The van der Waals surface area contributed by atoms with Crippen molar-refractivity contribution < 1.29 is 9.84 Å². The van der Waals surface area contributed by atoms with Crippen molar-refractivity contribution in [3.05, 3.63) is 16.0 Å². The molecule has 0 radical (unpaired) electrons. The van der Waals surface area contributed by atoms with E-state index in [9.17, 15) is 5.11 Å². The number of fused-ring (bicyclic) bond motifs is 1. The molecule has 0 aliphatic rings. The summed E-state index contributed by atoms with van der Waals surface area (Å²) in [5.74, 6) is 0. The molecule has 0 amide bonds. The molecule has 5 nitrogen and oxygen atoms in total. The van der Waals surface area contributed by atoms with Gasteiger partial charge in [-0.3, -0.25) is 0 Å². The van der Waals surface area contributed by atoms with E-state index in [1.165, 1.54) is 11.3 Å². The minimum absolute atomic E-state index is 0.0616. The van der Waals surface area contributed by atoms with Crippen LogP contribution in [0.4, 0.5) is 0 Å². The normalized spacial score (nSPS) is 13.2. The number of aromatic nitrogens is 3. The molecule has 1 N–H and O–H groups in total. The van der Waals surface area contributed by atoms with E-state index >= 15 is 0 Å². The maximum Gasteiger partial charge on any atom is 0.224 e. The van der Waals surface area contributed by atoms with Gasteiger partial charge in [-0.25, -0.2) is 9.97 Å². The highest BCUT2D eigenvalue weighted by Gasteiger charge is 2.18.